The van der Waals surface area contributed by atoms with Crippen molar-refractivity contribution in [1.29, 1.82) is 0 Å². The standard InChI is InChI=1S/C18H16N2O4/c1-12(18(22)20-11-14-4-2-3-9-19-14)23-15-7-5-13-6-8-17(21)24-16(13)10-15/h2-10,12H,11H2,1H3,(H,20,22)/t12-/m1/s1. The normalized spacial score (nSPS) is 11.9. The Bertz CT molecular complexity index is 906. The summed E-state index contributed by atoms with van der Waals surface area (Å²) < 4.78 is 10.7. The van der Waals surface area contributed by atoms with Crippen LogP contribution in [0.25, 0.3) is 11.0 Å². The molecule has 6 heteroatoms. The van der Waals surface area contributed by atoms with Crippen LogP contribution in [0.2, 0.25) is 0 Å². The first-order chi connectivity index (χ1) is 11.6. The molecule has 0 spiro atoms. The molecule has 1 aromatic carbocycles. The van der Waals surface area contributed by atoms with Crippen LogP contribution in [-0.4, -0.2) is 17.0 Å². The number of benzene rings is 1. The van der Waals surface area contributed by atoms with Gasteiger partial charge in [-0.3, -0.25) is 9.78 Å². The van der Waals surface area contributed by atoms with Crippen molar-refractivity contribution in [2.75, 3.05) is 0 Å². The summed E-state index contributed by atoms with van der Waals surface area (Å²) in [4.78, 5) is 27.5. The van der Waals surface area contributed by atoms with E-state index in [2.05, 4.69) is 10.3 Å². The number of fused-ring (bicyclic) bond motifs is 1. The average molecular weight is 324 g/mol. The summed E-state index contributed by atoms with van der Waals surface area (Å²) in [5, 5.41) is 3.55. The second-order valence-electron chi connectivity index (χ2n) is 5.25. The minimum Gasteiger partial charge on any atom is -0.481 e. The van der Waals surface area contributed by atoms with Crippen LogP contribution in [0.5, 0.6) is 5.75 Å². The highest BCUT2D eigenvalue weighted by atomic mass is 16.5. The highest BCUT2D eigenvalue weighted by Gasteiger charge is 2.15. The SMILES string of the molecule is C[C@@H](Oc1ccc2ccc(=O)oc2c1)C(=O)NCc1ccccn1. The molecule has 0 saturated heterocycles. The summed E-state index contributed by atoms with van der Waals surface area (Å²) in [6.07, 6.45) is 0.978. The van der Waals surface area contributed by atoms with E-state index in [-0.39, 0.29) is 5.91 Å². The van der Waals surface area contributed by atoms with E-state index in [4.69, 9.17) is 9.15 Å². The van der Waals surface area contributed by atoms with Crippen LogP contribution in [0.3, 0.4) is 0 Å². The van der Waals surface area contributed by atoms with Crippen LogP contribution in [0.1, 0.15) is 12.6 Å². The van der Waals surface area contributed by atoms with E-state index in [0.29, 0.717) is 17.9 Å². The van der Waals surface area contributed by atoms with Crippen LogP contribution >= 0.6 is 0 Å². The summed E-state index contributed by atoms with van der Waals surface area (Å²) in [6, 6.07) is 13.6. The number of rotatable bonds is 5. The number of nitrogens with zero attached hydrogens (tertiary/aromatic N) is 1. The Morgan fingerprint density at radius 1 is 1.25 bits per heavy atom. The van der Waals surface area contributed by atoms with Crippen molar-refractivity contribution in [3.05, 3.63) is 70.8 Å². The first kappa shape index (κ1) is 15.7. The van der Waals surface area contributed by atoms with Crippen molar-refractivity contribution >= 4 is 16.9 Å². The summed E-state index contributed by atoms with van der Waals surface area (Å²) in [5.41, 5.74) is 0.757. The predicted molar refractivity (Wildman–Crippen MR) is 88.7 cm³/mol. The lowest BCUT2D eigenvalue weighted by Gasteiger charge is -2.14. The van der Waals surface area contributed by atoms with Gasteiger partial charge in [-0.15, -0.1) is 0 Å². The Kier molecular flexibility index (Phi) is 4.56. The molecule has 0 aliphatic heterocycles. The van der Waals surface area contributed by atoms with Crippen LogP contribution in [0.15, 0.2) is 63.9 Å². The smallest absolute Gasteiger partial charge is 0.336 e. The molecule has 122 valence electrons. The molecule has 0 unspecified atom stereocenters. The van der Waals surface area contributed by atoms with Gasteiger partial charge in [0.1, 0.15) is 11.3 Å². The van der Waals surface area contributed by atoms with Gasteiger partial charge in [-0.25, -0.2) is 4.79 Å². The first-order valence-corrected chi connectivity index (χ1v) is 7.50. The number of hydrogen-bond donors (Lipinski definition) is 1. The molecule has 1 amide bonds. The van der Waals surface area contributed by atoms with Crippen molar-refractivity contribution in [3.63, 3.8) is 0 Å². The van der Waals surface area contributed by atoms with E-state index in [9.17, 15) is 9.59 Å². The van der Waals surface area contributed by atoms with E-state index >= 15 is 0 Å². The number of hydrogen-bond acceptors (Lipinski definition) is 5. The zero-order chi connectivity index (χ0) is 16.9. The number of carbonyl (C=O) groups excluding carboxylic acids is 1. The van der Waals surface area contributed by atoms with E-state index in [1.54, 1.807) is 37.4 Å². The molecule has 0 radical (unpaired) electrons. The lowest BCUT2D eigenvalue weighted by molar-refractivity contribution is -0.127. The average Bonchev–Trinajstić information content (AvgIpc) is 2.60. The molecule has 2 heterocycles. The van der Waals surface area contributed by atoms with E-state index in [0.717, 1.165) is 11.1 Å². The van der Waals surface area contributed by atoms with Gasteiger partial charge in [0.15, 0.2) is 6.10 Å². The maximum Gasteiger partial charge on any atom is 0.336 e. The molecule has 0 fully saturated rings. The van der Waals surface area contributed by atoms with E-state index < -0.39 is 11.7 Å². The highest BCUT2D eigenvalue weighted by molar-refractivity contribution is 5.81. The molecule has 3 aromatic rings. The monoisotopic (exact) mass is 324 g/mol. The minimum absolute atomic E-state index is 0.254. The van der Waals surface area contributed by atoms with Crippen LogP contribution in [0, 0.1) is 0 Å². The predicted octanol–water partition coefficient (Wildman–Crippen LogP) is 2.27. The Morgan fingerprint density at radius 2 is 2.08 bits per heavy atom. The van der Waals surface area contributed by atoms with E-state index in [1.165, 1.54) is 6.07 Å². The molecule has 3 rings (SSSR count). The molecule has 0 aliphatic carbocycles. The summed E-state index contributed by atoms with van der Waals surface area (Å²) >= 11 is 0. The quantitative estimate of drug-likeness (QED) is 0.728. The molecular formula is C18H16N2O4. The van der Waals surface area contributed by atoms with Gasteiger partial charge in [-0.1, -0.05) is 6.07 Å². The number of pyridine rings is 1. The van der Waals surface area contributed by atoms with Gasteiger partial charge in [0.25, 0.3) is 5.91 Å². The highest BCUT2D eigenvalue weighted by Crippen LogP contribution is 2.20. The molecule has 0 bridgehead atoms. The van der Waals surface area contributed by atoms with Gasteiger partial charge >= 0.3 is 5.63 Å². The van der Waals surface area contributed by atoms with Crippen LogP contribution < -0.4 is 15.7 Å². The molecule has 0 saturated carbocycles. The Balaban J connectivity index is 1.64. The van der Waals surface area contributed by atoms with Gasteiger partial charge < -0.3 is 14.5 Å². The third-order valence-corrected chi connectivity index (χ3v) is 3.45. The number of aromatic nitrogens is 1. The van der Waals surface area contributed by atoms with Crippen molar-refractivity contribution in [1.82, 2.24) is 10.3 Å². The fourth-order valence-electron chi connectivity index (χ4n) is 2.20. The first-order valence-electron chi connectivity index (χ1n) is 7.50. The summed E-state index contributed by atoms with van der Waals surface area (Å²) in [6.45, 7) is 1.99. The van der Waals surface area contributed by atoms with Crippen molar-refractivity contribution < 1.29 is 13.9 Å². The Labute approximate surface area is 138 Å². The van der Waals surface area contributed by atoms with Gasteiger partial charge in [-0.2, -0.15) is 0 Å². The van der Waals surface area contributed by atoms with Crippen molar-refractivity contribution in [3.8, 4) is 5.75 Å². The maximum atomic E-state index is 12.1. The van der Waals surface area contributed by atoms with Gasteiger partial charge in [0, 0.05) is 23.7 Å². The van der Waals surface area contributed by atoms with Crippen molar-refractivity contribution in [2.24, 2.45) is 0 Å². The maximum absolute atomic E-state index is 12.1. The largest absolute Gasteiger partial charge is 0.481 e. The van der Waals surface area contributed by atoms with Crippen LogP contribution in [-0.2, 0) is 11.3 Å². The minimum atomic E-state index is -0.693. The molecular weight excluding hydrogens is 308 g/mol. The topological polar surface area (TPSA) is 81.4 Å². The molecule has 2 aromatic heterocycles. The summed E-state index contributed by atoms with van der Waals surface area (Å²) in [5.74, 6) is 0.201. The third-order valence-electron chi connectivity index (χ3n) is 3.45. The second-order valence-corrected chi connectivity index (χ2v) is 5.25. The lowest BCUT2D eigenvalue weighted by Crippen LogP contribution is -2.36. The molecule has 1 atom stereocenters. The van der Waals surface area contributed by atoms with Gasteiger partial charge in [0.05, 0.1) is 12.2 Å². The number of ether oxygens (including phenoxy) is 1. The van der Waals surface area contributed by atoms with Gasteiger partial charge in [0.2, 0.25) is 0 Å². The zero-order valence-electron chi connectivity index (χ0n) is 13.1. The van der Waals surface area contributed by atoms with E-state index in [1.807, 2.05) is 18.2 Å². The molecule has 6 nitrogen and oxygen atoms in total. The van der Waals surface area contributed by atoms with Crippen LogP contribution in [0.4, 0.5) is 0 Å². The molecule has 0 aliphatic rings. The number of nitrogens with one attached hydrogen (secondary N) is 1. The Morgan fingerprint density at radius 3 is 2.88 bits per heavy atom. The third kappa shape index (κ3) is 3.78. The second kappa shape index (κ2) is 6.95. The zero-order valence-corrected chi connectivity index (χ0v) is 13.1. The molecule has 1 N–H and O–H groups in total. The number of amides is 1. The lowest BCUT2D eigenvalue weighted by atomic mass is 10.2. The fraction of sp³-hybridized carbons (Fsp3) is 0.167. The summed E-state index contributed by atoms with van der Waals surface area (Å²) in [7, 11) is 0. The van der Waals surface area contributed by atoms with Gasteiger partial charge in [-0.05, 0) is 37.3 Å². The Hall–Kier alpha value is -3.15. The molecule has 24 heavy (non-hydrogen) atoms. The number of carbonyl (C=O) groups is 1. The fourth-order valence-corrected chi connectivity index (χ4v) is 2.20. The van der Waals surface area contributed by atoms with Crippen molar-refractivity contribution in [2.45, 2.75) is 19.6 Å².